The summed E-state index contributed by atoms with van der Waals surface area (Å²) in [5.74, 6) is 1.26. The van der Waals surface area contributed by atoms with Crippen LogP contribution >= 0.6 is 0 Å². The van der Waals surface area contributed by atoms with Gasteiger partial charge in [-0.25, -0.2) is 0 Å². The molecule has 0 aliphatic carbocycles. The molecular formula is C67H52. The Kier molecular flexibility index (Phi) is 8.91. The number of hydrogen-bond donors (Lipinski definition) is 0. The minimum atomic E-state index is 0.397. The fraction of sp³-hybridized carbons (Fsp3) is 0.134. The van der Waals surface area contributed by atoms with Gasteiger partial charge in [0.2, 0.25) is 0 Å². The second-order valence-electron chi connectivity index (χ2n) is 20.0. The lowest BCUT2D eigenvalue weighted by Gasteiger charge is -2.23. The van der Waals surface area contributed by atoms with Crippen LogP contribution in [0, 0.1) is 0 Å². The first-order valence-electron chi connectivity index (χ1n) is 24.3. The molecule has 320 valence electrons. The molecule has 0 saturated carbocycles. The summed E-state index contributed by atoms with van der Waals surface area (Å²) >= 11 is 0. The van der Waals surface area contributed by atoms with Crippen molar-refractivity contribution in [1.82, 2.24) is 0 Å². The van der Waals surface area contributed by atoms with Crippen molar-refractivity contribution in [3.05, 3.63) is 205 Å². The van der Waals surface area contributed by atoms with Crippen molar-refractivity contribution in [1.29, 1.82) is 0 Å². The van der Waals surface area contributed by atoms with Gasteiger partial charge in [0.05, 0.1) is 0 Å². The molecule has 0 aliphatic rings. The van der Waals surface area contributed by atoms with Gasteiger partial charge in [0.15, 0.2) is 0 Å². The molecule has 0 atom stereocenters. The standard InChI is InChI=1S/C67H52/c1-38(2)45-35-54(39(3)4)60(55(36-45)40(5)6)44-32-31-43-33-58-63-51(56(43)34-44)28-18-30-53(63)66-64(49-26-16-13-23-46(49)41-19-9-7-10-20-41)59-37-57-48-25-15-14-24-47(48)50-27-17-29-52(62(50)57)65(59)61(67(58)66)42-21-11-8-12-22-42/h7-40H,1-6H3. The van der Waals surface area contributed by atoms with E-state index in [0.717, 1.165) is 0 Å². The van der Waals surface area contributed by atoms with Crippen LogP contribution < -0.4 is 0 Å². The fourth-order valence-electron chi connectivity index (χ4n) is 12.2. The monoisotopic (exact) mass is 856 g/mol. The van der Waals surface area contributed by atoms with E-state index in [1.165, 1.54) is 147 Å². The van der Waals surface area contributed by atoms with E-state index in [9.17, 15) is 0 Å². The molecule has 0 unspecified atom stereocenters. The highest BCUT2D eigenvalue weighted by Gasteiger charge is 2.28. The normalized spacial score (nSPS) is 12.4. The maximum absolute atomic E-state index is 2.56. The van der Waals surface area contributed by atoms with Crippen molar-refractivity contribution < 1.29 is 0 Å². The Morgan fingerprint density at radius 3 is 1.43 bits per heavy atom. The van der Waals surface area contributed by atoms with E-state index in [-0.39, 0.29) is 0 Å². The van der Waals surface area contributed by atoms with Crippen LogP contribution in [0.25, 0.3) is 131 Å². The van der Waals surface area contributed by atoms with Crippen molar-refractivity contribution in [3.63, 3.8) is 0 Å². The summed E-state index contributed by atoms with van der Waals surface area (Å²) in [6.07, 6.45) is 0. The molecule has 0 nitrogen and oxygen atoms in total. The van der Waals surface area contributed by atoms with Crippen molar-refractivity contribution in [3.8, 4) is 44.5 Å². The molecule has 0 heteroatoms. The zero-order chi connectivity index (χ0) is 45.2. The van der Waals surface area contributed by atoms with Crippen LogP contribution in [0.15, 0.2) is 188 Å². The maximum Gasteiger partial charge on any atom is -0.000697 e. The molecule has 13 aromatic carbocycles. The molecule has 13 aromatic rings. The van der Waals surface area contributed by atoms with Crippen molar-refractivity contribution in [2.75, 3.05) is 0 Å². The Hall–Kier alpha value is -7.54. The van der Waals surface area contributed by atoms with E-state index in [2.05, 4.69) is 230 Å². The number of benzene rings is 11. The zero-order valence-electron chi connectivity index (χ0n) is 39.1. The van der Waals surface area contributed by atoms with Crippen molar-refractivity contribution >= 4 is 86.2 Å². The smallest absolute Gasteiger partial charge is 0.000697 e. The summed E-state index contributed by atoms with van der Waals surface area (Å²) in [7, 11) is 0. The molecule has 0 spiro atoms. The van der Waals surface area contributed by atoms with E-state index in [0.29, 0.717) is 17.8 Å². The number of rotatable bonds is 7. The second-order valence-corrected chi connectivity index (χ2v) is 20.0. The van der Waals surface area contributed by atoms with Gasteiger partial charge in [-0.2, -0.15) is 0 Å². The van der Waals surface area contributed by atoms with Crippen LogP contribution in [0.4, 0.5) is 0 Å². The third kappa shape index (κ3) is 5.79. The zero-order valence-corrected chi connectivity index (χ0v) is 39.1. The van der Waals surface area contributed by atoms with E-state index < -0.39 is 0 Å². The minimum absolute atomic E-state index is 0.397. The Balaban J connectivity index is 1.25. The van der Waals surface area contributed by atoms with Gasteiger partial charge in [-0.05, 0) is 183 Å². The Morgan fingerprint density at radius 2 is 0.776 bits per heavy atom. The third-order valence-corrected chi connectivity index (χ3v) is 15.2. The molecule has 0 aliphatic heterocycles. The number of fused-ring (bicyclic) bond motifs is 10. The van der Waals surface area contributed by atoms with Crippen LogP contribution in [-0.2, 0) is 0 Å². The molecule has 0 bridgehead atoms. The molecule has 0 N–H and O–H groups in total. The highest BCUT2D eigenvalue weighted by atomic mass is 14.3. The van der Waals surface area contributed by atoms with Gasteiger partial charge in [-0.3, -0.25) is 0 Å². The first kappa shape index (κ1) is 39.8. The van der Waals surface area contributed by atoms with Crippen LogP contribution in [0.1, 0.15) is 76.0 Å². The summed E-state index contributed by atoms with van der Waals surface area (Å²) in [4.78, 5) is 0. The molecule has 67 heavy (non-hydrogen) atoms. The van der Waals surface area contributed by atoms with Gasteiger partial charge in [-0.1, -0.05) is 211 Å². The Bertz CT molecular complexity index is 4060. The predicted molar refractivity (Wildman–Crippen MR) is 293 cm³/mol. The summed E-state index contributed by atoms with van der Waals surface area (Å²) < 4.78 is 0. The number of hydrogen-bond acceptors (Lipinski definition) is 0. The molecule has 13 rings (SSSR count). The first-order valence-corrected chi connectivity index (χ1v) is 24.3. The lowest BCUT2D eigenvalue weighted by molar-refractivity contribution is 0.807. The maximum atomic E-state index is 2.56. The van der Waals surface area contributed by atoms with Gasteiger partial charge < -0.3 is 0 Å². The quantitative estimate of drug-likeness (QED) is 0.140. The molecule has 0 heterocycles. The van der Waals surface area contributed by atoms with E-state index in [1.54, 1.807) is 0 Å². The first-order chi connectivity index (χ1) is 32.8. The van der Waals surface area contributed by atoms with Crippen LogP contribution in [0.3, 0.4) is 0 Å². The molecule has 0 aromatic heterocycles. The summed E-state index contributed by atoms with van der Waals surface area (Å²) in [6.45, 7) is 14.1. The summed E-state index contributed by atoms with van der Waals surface area (Å²) in [5, 5.41) is 21.1. The average molecular weight is 857 g/mol. The SMILES string of the molecule is CC(C)c1cc(C(C)C)c(-c2ccc3cc4c5c(-c6ccccc6)c6c(cc7c8ccccc8c8cccc6c87)c(-c6ccccc6-c6ccccc6)c5c5cccc(c3c2)c54)c(C(C)C)c1. The highest BCUT2D eigenvalue weighted by molar-refractivity contribution is 6.46. The van der Waals surface area contributed by atoms with E-state index >= 15 is 0 Å². The van der Waals surface area contributed by atoms with E-state index in [4.69, 9.17) is 0 Å². The fourth-order valence-corrected chi connectivity index (χ4v) is 12.2. The van der Waals surface area contributed by atoms with Crippen LogP contribution in [-0.4, -0.2) is 0 Å². The van der Waals surface area contributed by atoms with Gasteiger partial charge >= 0.3 is 0 Å². The lowest BCUT2D eigenvalue weighted by Crippen LogP contribution is -2.03. The summed E-state index contributed by atoms with van der Waals surface area (Å²) in [6, 6.07) is 72.0. The molecule has 0 radical (unpaired) electrons. The minimum Gasteiger partial charge on any atom is -0.0622 e. The lowest BCUT2D eigenvalue weighted by atomic mass is 9.81. The van der Waals surface area contributed by atoms with Gasteiger partial charge in [0.1, 0.15) is 0 Å². The highest BCUT2D eigenvalue weighted by Crippen LogP contribution is 2.56. The van der Waals surface area contributed by atoms with Crippen LogP contribution in [0.2, 0.25) is 0 Å². The van der Waals surface area contributed by atoms with Crippen LogP contribution in [0.5, 0.6) is 0 Å². The largest absolute Gasteiger partial charge is 0.0622 e. The van der Waals surface area contributed by atoms with E-state index in [1.807, 2.05) is 0 Å². The molecule has 0 amide bonds. The molecular weight excluding hydrogens is 805 g/mol. The van der Waals surface area contributed by atoms with Gasteiger partial charge in [0, 0.05) is 0 Å². The van der Waals surface area contributed by atoms with Gasteiger partial charge in [0.25, 0.3) is 0 Å². The topological polar surface area (TPSA) is 0 Å². The second kappa shape index (κ2) is 15.0. The molecule has 0 fully saturated rings. The van der Waals surface area contributed by atoms with Crippen molar-refractivity contribution in [2.45, 2.75) is 59.3 Å². The van der Waals surface area contributed by atoms with Crippen molar-refractivity contribution in [2.24, 2.45) is 0 Å². The average Bonchev–Trinajstić information content (AvgIpc) is 3.86. The van der Waals surface area contributed by atoms with Gasteiger partial charge in [-0.15, -0.1) is 0 Å². The Morgan fingerprint density at radius 1 is 0.254 bits per heavy atom. The third-order valence-electron chi connectivity index (χ3n) is 15.2. The predicted octanol–water partition coefficient (Wildman–Crippen LogP) is 19.8. The molecule has 0 saturated heterocycles. The summed E-state index contributed by atoms with van der Waals surface area (Å²) in [5.41, 5.74) is 14.6. The Labute approximate surface area is 392 Å².